The predicted molar refractivity (Wildman–Crippen MR) is 74.4 cm³/mol. The molecule has 0 bridgehead atoms. The highest BCUT2D eigenvalue weighted by atomic mass is 32.1. The van der Waals surface area contributed by atoms with Crippen LogP contribution in [0.25, 0.3) is 0 Å². The topological polar surface area (TPSA) is 70.6 Å². The minimum atomic E-state index is -0.526. The van der Waals surface area contributed by atoms with E-state index < -0.39 is 12.0 Å². The maximum absolute atomic E-state index is 11.9. The Morgan fingerprint density at radius 1 is 1.42 bits per heavy atom. The van der Waals surface area contributed by atoms with Crippen LogP contribution >= 0.6 is 12.2 Å². The summed E-state index contributed by atoms with van der Waals surface area (Å²) in [6.07, 6.45) is 0. The first kappa shape index (κ1) is 13.4. The number of nitrogens with one attached hydrogen (secondary N) is 2. The van der Waals surface area contributed by atoms with E-state index in [2.05, 4.69) is 10.6 Å². The van der Waals surface area contributed by atoms with Gasteiger partial charge in [0.1, 0.15) is 5.75 Å². The number of allylic oxidation sites excluding steroid dienone is 1. The summed E-state index contributed by atoms with van der Waals surface area (Å²) in [5.74, 6) is -0.368. The molecule has 0 saturated carbocycles. The van der Waals surface area contributed by atoms with Gasteiger partial charge in [0.2, 0.25) is 0 Å². The molecule has 1 heterocycles. The van der Waals surface area contributed by atoms with Crippen LogP contribution in [-0.4, -0.2) is 23.3 Å². The zero-order valence-electron chi connectivity index (χ0n) is 10.6. The molecular formula is C13H14N2O3S. The Hall–Kier alpha value is -2.08. The summed E-state index contributed by atoms with van der Waals surface area (Å²) in [7, 11) is 1.32. The molecule has 0 fully saturated rings. The van der Waals surface area contributed by atoms with E-state index in [0.717, 1.165) is 0 Å². The number of hydrogen-bond donors (Lipinski definition) is 3. The molecule has 100 valence electrons. The van der Waals surface area contributed by atoms with Gasteiger partial charge in [-0.1, -0.05) is 18.2 Å². The summed E-state index contributed by atoms with van der Waals surface area (Å²) in [5, 5.41) is 16.2. The van der Waals surface area contributed by atoms with E-state index in [1.54, 1.807) is 31.2 Å². The molecule has 1 aromatic carbocycles. The average Bonchev–Trinajstić information content (AvgIpc) is 2.37. The molecule has 0 aliphatic carbocycles. The number of rotatable bonds is 2. The fraction of sp³-hybridized carbons (Fsp3) is 0.231. The van der Waals surface area contributed by atoms with Gasteiger partial charge < -0.3 is 20.5 Å². The van der Waals surface area contributed by atoms with Crippen molar-refractivity contribution in [1.82, 2.24) is 10.6 Å². The first-order valence-electron chi connectivity index (χ1n) is 5.69. The molecule has 3 N–H and O–H groups in total. The minimum absolute atomic E-state index is 0.0962. The van der Waals surface area contributed by atoms with Crippen LogP contribution in [0.15, 0.2) is 35.5 Å². The summed E-state index contributed by atoms with van der Waals surface area (Å²) in [5.41, 5.74) is 1.59. The molecule has 1 aliphatic rings. The second kappa shape index (κ2) is 5.27. The summed E-state index contributed by atoms with van der Waals surface area (Å²) in [6, 6.07) is 6.27. The molecule has 0 saturated heterocycles. The number of aromatic hydroxyl groups is 1. The number of esters is 1. The van der Waals surface area contributed by atoms with Crippen molar-refractivity contribution in [2.45, 2.75) is 13.0 Å². The van der Waals surface area contributed by atoms with Crippen molar-refractivity contribution >= 4 is 23.3 Å². The van der Waals surface area contributed by atoms with Gasteiger partial charge in [-0.25, -0.2) is 4.79 Å². The van der Waals surface area contributed by atoms with Crippen LogP contribution < -0.4 is 10.6 Å². The molecule has 0 amide bonds. The van der Waals surface area contributed by atoms with Gasteiger partial charge in [-0.2, -0.15) is 0 Å². The lowest BCUT2D eigenvalue weighted by Gasteiger charge is -2.29. The maximum atomic E-state index is 11.9. The Balaban J connectivity index is 2.53. The third-order valence-electron chi connectivity index (χ3n) is 2.92. The summed E-state index contributed by atoms with van der Waals surface area (Å²) in [6.45, 7) is 1.74. The summed E-state index contributed by atoms with van der Waals surface area (Å²) < 4.78 is 4.79. The molecule has 5 nitrogen and oxygen atoms in total. The predicted octanol–water partition coefficient (Wildman–Crippen LogP) is 1.36. The Morgan fingerprint density at radius 3 is 2.74 bits per heavy atom. The van der Waals surface area contributed by atoms with Gasteiger partial charge in [0.05, 0.1) is 18.7 Å². The van der Waals surface area contributed by atoms with Crippen molar-refractivity contribution in [2.75, 3.05) is 7.11 Å². The molecule has 0 aromatic heterocycles. The quantitative estimate of drug-likeness (QED) is 0.560. The van der Waals surface area contributed by atoms with Crippen molar-refractivity contribution < 1.29 is 14.6 Å². The van der Waals surface area contributed by atoms with E-state index >= 15 is 0 Å². The Morgan fingerprint density at radius 2 is 2.11 bits per heavy atom. The zero-order valence-corrected chi connectivity index (χ0v) is 11.4. The van der Waals surface area contributed by atoms with Crippen LogP contribution in [-0.2, 0) is 9.53 Å². The maximum Gasteiger partial charge on any atom is 0.337 e. The highest BCUT2D eigenvalue weighted by Gasteiger charge is 2.31. The monoisotopic (exact) mass is 278 g/mol. The molecule has 6 heteroatoms. The van der Waals surface area contributed by atoms with Crippen LogP contribution in [0.1, 0.15) is 18.5 Å². The molecule has 2 rings (SSSR count). The summed E-state index contributed by atoms with van der Waals surface area (Å²) >= 11 is 5.09. The van der Waals surface area contributed by atoms with Gasteiger partial charge in [-0.05, 0) is 25.2 Å². The number of thiocarbonyl (C=S) groups is 1. The largest absolute Gasteiger partial charge is 0.508 e. The van der Waals surface area contributed by atoms with Gasteiger partial charge in [0, 0.05) is 11.3 Å². The lowest BCUT2D eigenvalue weighted by atomic mass is 9.95. The highest BCUT2D eigenvalue weighted by Crippen LogP contribution is 2.32. The smallest absolute Gasteiger partial charge is 0.337 e. The Kier molecular flexibility index (Phi) is 3.71. The number of hydrogen-bond acceptors (Lipinski definition) is 4. The van der Waals surface area contributed by atoms with Crippen molar-refractivity contribution in [3.63, 3.8) is 0 Å². The van der Waals surface area contributed by atoms with Crippen LogP contribution in [0.2, 0.25) is 0 Å². The molecule has 19 heavy (non-hydrogen) atoms. The third kappa shape index (κ3) is 2.53. The standard InChI is InChI=1S/C13H14N2O3S/c1-7-10(12(17)18-2)11(15-13(19)14-7)8-5-3-4-6-9(8)16/h3-6,11,16H,1-2H3,(H2,14,15,19)/t11-/m1/s1. The molecule has 1 aromatic rings. The third-order valence-corrected chi connectivity index (χ3v) is 3.14. The van der Waals surface area contributed by atoms with Gasteiger partial charge in [0.25, 0.3) is 0 Å². The van der Waals surface area contributed by atoms with Gasteiger partial charge in [0.15, 0.2) is 5.11 Å². The van der Waals surface area contributed by atoms with E-state index in [9.17, 15) is 9.90 Å². The number of para-hydroxylation sites is 1. The van der Waals surface area contributed by atoms with Crippen molar-refractivity contribution in [3.8, 4) is 5.75 Å². The average molecular weight is 278 g/mol. The summed E-state index contributed by atoms with van der Waals surface area (Å²) in [4.78, 5) is 11.9. The molecule has 0 radical (unpaired) electrons. The number of carbonyl (C=O) groups is 1. The number of phenols is 1. The number of benzene rings is 1. The highest BCUT2D eigenvalue weighted by molar-refractivity contribution is 7.80. The lowest BCUT2D eigenvalue weighted by molar-refractivity contribution is -0.136. The second-order valence-electron chi connectivity index (χ2n) is 4.12. The number of ether oxygens (including phenoxy) is 1. The number of phenolic OH excluding ortho intramolecular Hbond substituents is 1. The van der Waals surface area contributed by atoms with E-state index in [1.807, 2.05) is 0 Å². The van der Waals surface area contributed by atoms with E-state index in [1.165, 1.54) is 7.11 Å². The van der Waals surface area contributed by atoms with E-state index in [0.29, 0.717) is 21.9 Å². The SMILES string of the molecule is COC(=O)C1=C(C)NC(=S)N[C@@H]1c1ccccc1O. The van der Waals surface area contributed by atoms with Crippen molar-refractivity contribution in [1.29, 1.82) is 0 Å². The first-order chi connectivity index (χ1) is 9.04. The molecule has 1 atom stereocenters. The molecule has 1 aliphatic heterocycles. The van der Waals surface area contributed by atoms with Crippen LogP contribution in [0.3, 0.4) is 0 Å². The normalized spacial score (nSPS) is 18.6. The van der Waals surface area contributed by atoms with Crippen LogP contribution in [0.5, 0.6) is 5.75 Å². The zero-order chi connectivity index (χ0) is 14.0. The van der Waals surface area contributed by atoms with Gasteiger partial charge in [-0.3, -0.25) is 0 Å². The van der Waals surface area contributed by atoms with E-state index in [-0.39, 0.29) is 5.75 Å². The van der Waals surface area contributed by atoms with Gasteiger partial charge >= 0.3 is 5.97 Å². The second-order valence-corrected chi connectivity index (χ2v) is 4.53. The minimum Gasteiger partial charge on any atom is -0.508 e. The number of carbonyl (C=O) groups excluding carboxylic acids is 1. The fourth-order valence-corrected chi connectivity index (χ4v) is 2.31. The fourth-order valence-electron chi connectivity index (χ4n) is 2.04. The Labute approximate surface area is 116 Å². The Bertz CT molecular complexity index is 569. The number of methoxy groups -OCH3 is 1. The van der Waals surface area contributed by atoms with Gasteiger partial charge in [-0.15, -0.1) is 0 Å². The molecule has 0 unspecified atom stereocenters. The van der Waals surface area contributed by atoms with Crippen molar-refractivity contribution in [2.24, 2.45) is 0 Å². The molecular weight excluding hydrogens is 264 g/mol. The molecule has 0 spiro atoms. The van der Waals surface area contributed by atoms with E-state index in [4.69, 9.17) is 17.0 Å². The first-order valence-corrected chi connectivity index (χ1v) is 6.10. The van der Waals surface area contributed by atoms with Crippen molar-refractivity contribution in [3.05, 3.63) is 41.1 Å². The van der Waals surface area contributed by atoms with Crippen LogP contribution in [0.4, 0.5) is 0 Å². The van der Waals surface area contributed by atoms with Crippen LogP contribution in [0, 0.1) is 0 Å². The lowest BCUT2D eigenvalue weighted by Crippen LogP contribution is -2.45.